The summed E-state index contributed by atoms with van der Waals surface area (Å²) in [5, 5.41) is 6.19. The van der Waals surface area contributed by atoms with Gasteiger partial charge in [-0.15, -0.1) is 11.3 Å². The number of guanidine groups is 1. The largest absolute Gasteiger partial charge is 0.346 e. The second kappa shape index (κ2) is 3.96. The molecule has 0 radical (unpaired) electrons. The number of rotatable bonds is 1. The van der Waals surface area contributed by atoms with Gasteiger partial charge in [0, 0.05) is 25.5 Å². The van der Waals surface area contributed by atoms with Crippen LogP contribution in [0.15, 0.2) is 10.4 Å². The predicted octanol–water partition coefficient (Wildman–Crippen LogP) is 1.55. The van der Waals surface area contributed by atoms with Crippen molar-refractivity contribution in [2.45, 2.75) is 13.3 Å². The van der Waals surface area contributed by atoms with Gasteiger partial charge in [0.05, 0.1) is 5.69 Å². The summed E-state index contributed by atoms with van der Waals surface area (Å²) in [6.45, 7) is 3.97. The van der Waals surface area contributed by atoms with E-state index in [1.165, 1.54) is 0 Å². The number of hydrogen-bond acceptors (Lipinski definition) is 5. The third-order valence-corrected chi connectivity index (χ3v) is 2.99. The topological polar surface area (TPSA) is 40.5 Å². The van der Waals surface area contributed by atoms with Gasteiger partial charge < -0.3 is 10.2 Å². The number of anilines is 1. The Labute approximate surface area is 87.7 Å². The van der Waals surface area contributed by atoms with Crippen LogP contribution in [0.2, 0.25) is 0 Å². The molecule has 2 rings (SSSR count). The van der Waals surface area contributed by atoms with Gasteiger partial charge in [0.15, 0.2) is 11.1 Å². The first-order chi connectivity index (χ1) is 6.75. The third kappa shape index (κ3) is 2.04. The first-order valence-corrected chi connectivity index (χ1v) is 5.58. The molecule has 76 valence electrons. The zero-order valence-electron chi connectivity index (χ0n) is 8.45. The Morgan fingerprint density at radius 1 is 1.57 bits per heavy atom. The summed E-state index contributed by atoms with van der Waals surface area (Å²) in [5.41, 5.74) is 1.05. The maximum Gasteiger partial charge on any atom is 0.200 e. The third-order valence-electron chi connectivity index (χ3n) is 2.11. The number of nitrogens with zero attached hydrogens (tertiary/aromatic N) is 3. The summed E-state index contributed by atoms with van der Waals surface area (Å²) in [6.07, 6.45) is 1.14. The van der Waals surface area contributed by atoms with Crippen LogP contribution in [0.5, 0.6) is 0 Å². The molecule has 0 saturated heterocycles. The molecule has 14 heavy (non-hydrogen) atoms. The summed E-state index contributed by atoms with van der Waals surface area (Å²) in [7, 11) is 2.05. The van der Waals surface area contributed by atoms with Gasteiger partial charge in [0.2, 0.25) is 0 Å². The van der Waals surface area contributed by atoms with Crippen molar-refractivity contribution < 1.29 is 0 Å². The van der Waals surface area contributed by atoms with E-state index in [4.69, 9.17) is 0 Å². The minimum Gasteiger partial charge on any atom is -0.346 e. The number of aryl methyl sites for hydroxylation is 1. The molecular weight excluding hydrogens is 196 g/mol. The smallest absolute Gasteiger partial charge is 0.200 e. The lowest BCUT2D eigenvalue weighted by Crippen LogP contribution is -2.37. The van der Waals surface area contributed by atoms with Crippen molar-refractivity contribution in [3.8, 4) is 0 Å². The zero-order valence-corrected chi connectivity index (χ0v) is 9.27. The number of aromatic nitrogens is 1. The van der Waals surface area contributed by atoms with E-state index in [0.717, 1.165) is 36.3 Å². The SMILES string of the molecule is Cc1csc(NC2=NCCCN2C)n1. The van der Waals surface area contributed by atoms with Gasteiger partial charge in [-0.2, -0.15) is 0 Å². The molecule has 4 nitrogen and oxygen atoms in total. The highest BCUT2D eigenvalue weighted by atomic mass is 32.1. The van der Waals surface area contributed by atoms with Crippen molar-refractivity contribution in [2.75, 3.05) is 25.5 Å². The van der Waals surface area contributed by atoms with Gasteiger partial charge >= 0.3 is 0 Å². The van der Waals surface area contributed by atoms with Gasteiger partial charge in [-0.1, -0.05) is 0 Å². The molecule has 0 fully saturated rings. The molecule has 1 aromatic rings. The molecule has 1 N–H and O–H groups in total. The molecule has 0 aliphatic carbocycles. The first kappa shape index (κ1) is 9.45. The van der Waals surface area contributed by atoms with Gasteiger partial charge in [-0.25, -0.2) is 4.98 Å². The molecular formula is C9H14N4S. The summed E-state index contributed by atoms with van der Waals surface area (Å²) in [6, 6.07) is 0. The van der Waals surface area contributed by atoms with Crippen LogP contribution in [-0.4, -0.2) is 36.0 Å². The van der Waals surface area contributed by atoms with Crippen LogP contribution in [0.1, 0.15) is 12.1 Å². The van der Waals surface area contributed by atoms with Crippen LogP contribution in [0.25, 0.3) is 0 Å². The minimum atomic E-state index is 0.914. The molecule has 0 bridgehead atoms. The van der Waals surface area contributed by atoms with E-state index in [1.807, 2.05) is 19.4 Å². The molecule has 0 aromatic carbocycles. The number of hydrogen-bond donors (Lipinski definition) is 1. The van der Waals surface area contributed by atoms with E-state index >= 15 is 0 Å². The average molecular weight is 210 g/mol. The summed E-state index contributed by atoms with van der Waals surface area (Å²) in [4.78, 5) is 10.9. The lowest BCUT2D eigenvalue weighted by molar-refractivity contribution is 0.466. The molecule has 0 saturated carbocycles. The zero-order chi connectivity index (χ0) is 9.97. The van der Waals surface area contributed by atoms with Crippen molar-refractivity contribution in [3.63, 3.8) is 0 Å². The van der Waals surface area contributed by atoms with Crippen molar-refractivity contribution in [3.05, 3.63) is 11.1 Å². The molecule has 2 heterocycles. The Balaban J connectivity index is 2.06. The van der Waals surface area contributed by atoms with E-state index in [9.17, 15) is 0 Å². The maximum atomic E-state index is 4.41. The van der Waals surface area contributed by atoms with Crippen molar-refractivity contribution in [1.82, 2.24) is 9.88 Å². The fraction of sp³-hybridized carbons (Fsp3) is 0.556. The summed E-state index contributed by atoms with van der Waals surface area (Å²) < 4.78 is 0. The van der Waals surface area contributed by atoms with E-state index in [0.29, 0.717) is 0 Å². The molecule has 0 amide bonds. The van der Waals surface area contributed by atoms with E-state index in [2.05, 4.69) is 20.2 Å². The maximum absolute atomic E-state index is 4.41. The van der Waals surface area contributed by atoms with Crippen LogP contribution in [0.3, 0.4) is 0 Å². The van der Waals surface area contributed by atoms with Crippen molar-refractivity contribution in [2.24, 2.45) is 4.99 Å². The molecule has 1 aromatic heterocycles. The van der Waals surface area contributed by atoms with Crippen LogP contribution in [-0.2, 0) is 0 Å². The van der Waals surface area contributed by atoms with E-state index in [-0.39, 0.29) is 0 Å². The normalized spacial score (nSPS) is 16.7. The molecule has 1 aliphatic rings. The standard InChI is InChI=1S/C9H14N4S/c1-7-6-14-9(11-7)12-8-10-4-3-5-13(8)2/h6H,3-5H2,1-2H3,(H,10,11,12). The number of nitrogens with one attached hydrogen (secondary N) is 1. The van der Waals surface area contributed by atoms with Crippen molar-refractivity contribution >= 4 is 22.4 Å². The fourth-order valence-electron chi connectivity index (χ4n) is 1.36. The molecule has 5 heteroatoms. The Hall–Kier alpha value is -1.10. The van der Waals surface area contributed by atoms with Crippen molar-refractivity contribution in [1.29, 1.82) is 0 Å². The molecule has 0 spiro atoms. The minimum absolute atomic E-state index is 0.914. The Kier molecular flexibility index (Phi) is 2.67. The van der Waals surface area contributed by atoms with Crippen LogP contribution >= 0.6 is 11.3 Å². The Morgan fingerprint density at radius 3 is 3.07 bits per heavy atom. The highest BCUT2D eigenvalue weighted by Crippen LogP contribution is 2.15. The monoisotopic (exact) mass is 210 g/mol. The Morgan fingerprint density at radius 2 is 2.43 bits per heavy atom. The first-order valence-electron chi connectivity index (χ1n) is 4.70. The lowest BCUT2D eigenvalue weighted by atomic mass is 10.3. The molecule has 0 atom stereocenters. The fourth-order valence-corrected chi connectivity index (χ4v) is 2.04. The molecule has 0 unspecified atom stereocenters. The van der Waals surface area contributed by atoms with Crippen LogP contribution in [0.4, 0.5) is 5.13 Å². The van der Waals surface area contributed by atoms with Crippen LogP contribution < -0.4 is 5.32 Å². The number of aliphatic imine (C=N–C) groups is 1. The summed E-state index contributed by atoms with van der Waals surface area (Å²) in [5.74, 6) is 0.936. The van der Waals surface area contributed by atoms with E-state index in [1.54, 1.807) is 11.3 Å². The average Bonchev–Trinajstić information content (AvgIpc) is 2.56. The highest BCUT2D eigenvalue weighted by Gasteiger charge is 2.11. The van der Waals surface area contributed by atoms with Gasteiger partial charge in [-0.05, 0) is 13.3 Å². The second-order valence-corrected chi connectivity index (χ2v) is 4.26. The summed E-state index contributed by atoms with van der Waals surface area (Å²) >= 11 is 1.62. The Bertz CT molecular complexity index is 344. The number of thiazole rings is 1. The highest BCUT2D eigenvalue weighted by molar-refractivity contribution is 7.13. The quantitative estimate of drug-likeness (QED) is 0.764. The van der Waals surface area contributed by atoms with Gasteiger partial charge in [0.25, 0.3) is 0 Å². The predicted molar refractivity (Wildman–Crippen MR) is 60.0 cm³/mol. The van der Waals surface area contributed by atoms with E-state index < -0.39 is 0 Å². The second-order valence-electron chi connectivity index (χ2n) is 3.40. The van der Waals surface area contributed by atoms with Gasteiger partial charge in [0.1, 0.15) is 0 Å². The van der Waals surface area contributed by atoms with Crippen LogP contribution in [0, 0.1) is 6.92 Å². The lowest BCUT2D eigenvalue weighted by Gasteiger charge is -2.24. The molecule has 1 aliphatic heterocycles. The van der Waals surface area contributed by atoms with Gasteiger partial charge in [-0.3, -0.25) is 4.99 Å².